The zero-order chi connectivity index (χ0) is 35.1. The largest absolute Gasteiger partial charge is 0.478 e. The number of piperidine rings is 1. The predicted octanol–water partition coefficient (Wildman–Crippen LogP) is 6.45. The molecule has 1 fully saturated rings. The molecule has 0 saturated carbocycles. The summed E-state index contributed by atoms with van der Waals surface area (Å²) in [5.41, 5.74) is 2.66. The van der Waals surface area contributed by atoms with E-state index in [4.69, 9.17) is 4.74 Å². The Balaban J connectivity index is 1.34. The van der Waals surface area contributed by atoms with Crippen molar-refractivity contribution >= 4 is 29.5 Å². The van der Waals surface area contributed by atoms with E-state index in [0.29, 0.717) is 39.0 Å². The lowest BCUT2D eigenvalue weighted by Gasteiger charge is -2.52. The normalized spacial score (nSPS) is 22.4. The maximum Gasteiger partial charge on any atom is 0.408 e. The van der Waals surface area contributed by atoms with E-state index >= 15 is 0 Å². The summed E-state index contributed by atoms with van der Waals surface area (Å²) in [4.78, 5) is 55.6. The number of rotatable bonds is 6. The van der Waals surface area contributed by atoms with Crippen LogP contribution in [-0.4, -0.2) is 76.6 Å². The van der Waals surface area contributed by atoms with E-state index in [-0.39, 0.29) is 28.2 Å². The topological polar surface area (TPSA) is 116 Å². The van der Waals surface area contributed by atoms with Gasteiger partial charge in [-0.05, 0) is 75.8 Å². The molecule has 2 aliphatic heterocycles. The second-order valence-electron chi connectivity index (χ2n) is 15.3. The Bertz CT molecular complexity index is 1630. The number of amides is 3. The van der Waals surface area contributed by atoms with Gasteiger partial charge in [-0.15, -0.1) is 0 Å². The van der Waals surface area contributed by atoms with Gasteiger partial charge in [0.25, 0.3) is 0 Å². The van der Waals surface area contributed by atoms with Gasteiger partial charge in [0.2, 0.25) is 11.8 Å². The Morgan fingerprint density at radius 1 is 0.896 bits per heavy atom. The highest BCUT2D eigenvalue weighted by atomic mass is 16.6. The molecule has 2 aromatic carbocycles. The molecule has 5 rings (SSSR count). The molecule has 48 heavy (non-hydrogen) atoms. The number of hydrogen-bond acceptors (Lipinski definition) is 5. The summed E-state index contributed by atoms with van der Waals surface area (Å²) in [6, 6.07) is 16.2. The van der Waals surface area contributed by atoms with Gasteiger partial charge < -0.3 is 25.0 Å². The molecule has 2 heterocycles. The second kappa shape index (κ2) is 12.9. The molecule has 0 unspecified atom stereocenters. The molecule has 0 bridgehead atoms. The van der Waals surface area contributed by atoms with Gasteiger partial charge in [0.1, 0.15) is 11.6 Å². The third-order valence-corrected chi connectivity index (χ3v) is 10.3. The number of carbonyl (C=O) groups excluding carboxylic acids is 3. The number of fused-ring (bicyclic) bond motifs is 1. The maximum atomic E-state index is 14.8. The minimum Gasteiger partial charge on any atom is -0.478 e. The number of carbonyl (C=O) groups is 4. The highest BCUT2D eigenvalue weighted by molar-refractivity contribution is 5.91. The molecule has 9 nitrogen and oxygen atoms in total. The second-order valence-corrected chi connectivity index (χ2v) is 15.3. The minimum atomic E-state index is -0.943. The molecule has 2 aromatic rings. The van der Waals surface area contributed by atoms with Crippen LogP contribution in [0.5, 0.6) is 0 Å². The van der Waals surface area contributed by atoms with Crippen LogP contribution in [0.3, 0.4) is 0 Å². The average Bonchev–Trinajstić information content (AvgIpc) is 3.03. The van der Waals surface area contributed by atoms with Gasteiger partial charge >= 0.3 is 12.1 Å². The van der Waals surface area contributed by atoms with Crippen molar-refractivity contribution < 1.29 is 29.0 Å². The zero-order valence-corrected chi connectivity index (χ0v) is 29.3. The number of benzene rings is 2. The number of nitrogens with one attached hydrogen (secondary N) is 1. The van der Waals surface area contributed by atoms with Crippen molar-refractivity contribution in [1.82, 2.24) is 15.1 Å². The van der Waals surface area contributed by atoms with E-state index < -0.39 is 29.1 Å². The Labute approximate surface area is 284 Å². The van der Waals surface area contributed by atoms with E-state index in [1.807, 2.05) is 47.4 Å². The lowest BCUT2D eigenvalue weighted by molar-refractivity contribution is -0.144. The van der Waals surface area contributed by atoms with Gasteiger partial charge in [-0.3, -0.25) is 9.59 Å². The number of carboxylic acid groups (broad SMARTS) is 1. The molecular weight excluding hydrogens is 606 g/mol. The van der Waals surface area contributed by atoms with Crippen molar-refractivity contribution in [2.24, 2.45) is 10.8 Å². The summed E-state index contributed by atoms with van der Waals surface area (Å²) in [6.07, 6.45) is 5.56. The van der Waals surface area contributed by atoms with Crippen LogP contribution in [-0.2, 0) is 19.7 Å². The lowest BCUT2D eigenvalue weighted by Crippen LogP contribution is -2.58. The van der Waals surface area contributed by atoms with Gasteiger partial charge in [0.05, 0.1) is 11.0 Å². The van der Waals surface area contributed by atoms with Gasteiger partial charge in [-0.25, -0.2) is 9.59 Å². The highest BCUT2D eigenvalue weighted by Gasteiger charge is 2.51. The first-order valence-corrected chi connectivity index (χ1v) is 16.9. The molecule has 2 N–H and O–H groups in total. The number of allylic oxidation sites excluding steroid dienone is 2. The Morgan fingerprint density at radius 2 is 1.52 bits per heavy atom. The summed E-state index contributed by atoms with van der Waals surface area (Å²) in [6.45, 7) is 15.5. The summed E-state index contributed by atoms with van der Waals surface area (Å²) >= 11 is 0. The standard InChI is InChI=1S/C39H49N3O6/c1-26(40-35(47)48-36(2,3)4)32(43)41-23-20-39(21-24-41,29-11-9-8-10-12-29)34(46)42-22-18-31-37(5,6)30(17-19-38(31,7)25-42)27-13-15-28(16-14-27)33(44)45/h8-18,26H,19-25H2,1-7H3,(H,40,47)(H,44,45)/t26-,38-/m1/s1. The molecule has 3 amide bonds. The first kappa shape index (κ1) is 34.9. The van der Waals surface area contributed by atoms with Crippen molar-refractivity contribution in [1.29, 1.82) is 0 Å². The van der Waals surface area contributed by atoms with E-state index in [1.165, 1.54) is 5.57 Å². The van der Waals surface area contributed by atoms with E-state index in [1.54, 1.807) is 44.7 Å². The minimum absolute atomic E-state index is 0.0779. The molecule has 1 saturated heterocycles. The first-order valence-electron chi connectivity index (χ1n) is 16.9. The number of nitrogens with zero attached hydrogens (tertiary/aromatic N) is 2. The fourth-order valence-electron chi connectivity index (χ4n) is 7.97. The van der Waals surface area contributed by atoms with Crippen LogP contribution in [0.2, 0.25) is 0 Å². The third kappa shape index (κ3) is 6.78. The summed E-state index contributed by atoms with van der Waals surface area (Å²) in [5, 5.41) is 12.0. The van der Waals surface area contributed by atoms with Crippen LogP contribution in [0.1, 0.15) is 89.2 Å². The van der Waals surface area contributed by atoms with Crippen LogP contribution < -0.4 is 5.32 Å². The van der Waals surface area contributed by atoms with Crippen molar-refractivity contribution in [2.45, 2.75) is 84.8 Å². The monoisotopic (exact) mass is 655 g/mol. The fourth-order valence-corrected chi connectivity index (χ4v) is 7.97. The molecule has 0 spiro atoms. The van der Waals surface area contributed by atoms with Gasteiger partial charge in [0, 0.05) is 37.0 Å². The molecule has 9 heteroatoms. The third-order valence-electron chi connectivity index (χ3n) is 10.3. The van der Waals surface area contributed by atoms with Crippen molar-refractivity contribution in [3.63, 3.8) is 0 Å². The number of ether oxygens (including phenoxy) is 1. The van der Waals surface area contributed by atoms with E-state index in [9.17, 15) is 24.3 Å². The molecule has 3 aliphatic rings. The van der Waals surface area contributed by atoms with Gasteiger partial charge in [-0.1, -0.05) is 81.0 Å². The van der Waals surface area contributed by atoms with Crippen LogP contribution in [0, 0.1) is 10.8 Å². The van der Waals surface area contributed by atoms with Gasteiger partial charge in [0.15, 0.2) is 0 Å². The quantitative estimate of drug-likeness (QED) is 0.346. The van der Waals surface area contributed by atoms with E-state index in [2.05, 4.69) is 38.2 Å². The lowest BCUT2D eigenvalue weighted by atomic mass is 9.58. The maximum absolute atomic E-state index is 14.8. The summed E-state index contributed by atoms with van der Waals surface area (Å²) < 4.78 is 5.34. The number of hydrogen-bond donors (Lipinski definition) is 2. The Kier molecular flexibility index (Phi) is 9.38. The summed E-state index contributed by atoms with van der Waals surface area (Å²) in [7, 11) is 0. The number of alkyl carbamates (subject to hydrolysis) is 1. The number of aromatic carboxylic acids is 1. The molecule has 1 aliphatic carbocycles. The van der Waals surface area contributed by atoms with Crippen molar-refractivity contribution in [3.05, 3.63) is 89.0 Å². The smallest absolute Gasteiger partial charge is 0.408 e. The summed E-state index contributed by atoms with van der Waals surface area (Å²) in [5.74, 6) is -1.06. The van der Waals surface area contributed by atoms with Crippen LogP contribution in [0.15, 0.2) is 72.3 Å². The van der Waals surface area contributed by atoms with Crippen LogP contribution >= 0.6 is 0 Å². The zero-order valence-electron chi connectivity index (χ0n) is 29.3. The molecule has 256 valence electrons. The molecule has 2 atom stereocenters. The fraction of sp³-hybridized carbons (Fsp3) is 0.487. The molecular formula is C39H49N3O6. The van der Waals surface area contributed by atoms with Gasteiger partial charge in [-0.2, -0.15) is 0 Å². The molecule has 0 aromatic heterocycles. The Morgan fingerprint density at radius 3 is 2.10 bits per heavy atom. The SMILES string of the molecule is C[C@@H](NC(=O)OC(C)(C)C)C(=O)N1CCC(C(=O)N2CC=C3C(C)(C)C(c4ccc(C(=O)O)cc4)=CC[C@]3(C)C2)(c2ccccc2)CC1. The predicted molar refractivity (Wildman–Crippen MR) is 185 cm³/mol. The number of likely N-dealkylation sites (tertiary alicyclic amines) is 1. The Hall–Kier alpha value is -4.40. The van der Waals surface area contributed by atoms with Crippen molar-refractivity contribution in [2.75, 3.05) is 26.2 Å². The van der Waals surface area contributed by atoms with Crippen molar-refractivity contribution in [3.8, 4) is 0 Å². The van der Waals surface area contributed by atoms with E-state index in [0.717, 1.165) is 23.1 Å². The highest BCUT2D eigenvalue weighted by Crippen LogP contribution is 2.55. The molecule has 0 radical (unpaired) electrons. The number of carboxylic acids is 1. The first-order chi connectivity index (χ1) is 22.5. The van der Waals surface area contributed by atoms with Crippen LogP contribution in [0.25, 0.3) is 5.57 Å². The average molecular weight is 656 g/mol. The van der Waals surface area contributed by atoms with Crippen LogP contribution in [0.4, 0.5) is 4.79 Å².